The molecule has 0 fully saturated rings. The van der Waals surface area contributed by atoms with Gasteiger partial charge in [-0.25, -0.2) is 4.79 Å². The van der Waals surface area contributed by atoms with Crippen molar-refractivity contribution < 1.29 is 4.74 Å². The molecule has 3 aromatic heterocycles. The lowest BCUT2D eigenvalue weighted by molar-refractivity contribution is 0.416. The van der Waals surface area contributed by atoms with Crippen LogP contribution in [0.25, 0.3) is 33.8 Å². The van der Waals surface area contributed by atoms with Gasteiger partial charge < -0.3 is 9.72 Å². The summed E-state index contributed by atoms with van der Waals surface area (Å²) in [5, 5.41) is 14.5. The van der Waals surface area contributed by atoms with Crippen LogP contribution >= 0.6 is 0 Å². The number of nitrogens with zero attached hydrogens (tertiary/aromatic N) is 5. The molecule has 2 aromatic carbocycles. The molecule has 5 aromatic rings. The van der Waals surface area contributed by atoms with Crippen LogP contribution in [0.3, 0.4) is 0 Å². The molecule has 9 nitrogen and oxygen atoms in total. The molecular weight excluding hydrogens is 454 g/mol. The van der Waals surface area contributed by atoms with Crippen molar-refractivity contribution in [3.8, 4) is 39.5 Å². The van der Waals surface area contributed by atoms with Crippen molar-refractivity contribution >= 4 is 0 Å². The molecule has 0 spiro atoms. The molecular formula is C27H27N7O2. The van der Waals surface area contributed by atoms with Crippen LogP contribution < -0.4 is 10.4 Å². The molecule has 182 valence electrons. The third-order valence-electron chi connectivity index (χ3n) is 6.24. The first-order chi connectivity index (χ1) is 17.7. The first-order valence-electron chi connectivity index (χ1n) is 11.9. The zero-order chi connectivity index (χ0) is 24.9. The first-order valence-corrected chi connectivity index (χ1v) is 11.9. The number of tetrazole rings is 1. The number of benzene rings is 2. The largest absolute Gasteiger partial charge is 0.496 e. The number of H-pyrrole nitrogens is 2. The number of hydrogen-bond acceptors (Lipinski definition) is 6. The summed E-state index contributed by atoms with van der Waals surface area (Å²) in [6, 6.07) is 17.7. The molecule has 0 radical (unpaired) electrons. The minimum Gasteiger partial charge on any atom is -0.496 e. The number of pyridine rings is 1. The third-order valence-corrected chi connectivity index (χ3v) is 6.24. The van der Waals surface area contributed by atoms with E-state index in [1.165, 1.54) is 0 Å². The van der Waals surface area contributed by atoms with Gasteiger partial charge >= 0.3 is 5.69 Å². The summed E-state index contributed by atoms with van der Waals surface area (Å²) in [5.74, 6) is 1.24. The zero-order valence-corrected chi connectivity index (χ0v) is 20.2. The van der Waals surface area contributed by atoms with Crippen LogP contribution in [0.2, 0.25) is 0 Å². The normalized spacial score (nSPS) is 11.1. The predicted molar refractivity (Wildman–Crippen MR) is 138 cm³/mol. The molecule has 36 heavy (non-hydrogen) atoms. The van der Waals surface area contributed by atoms with E-state index >= 15 is 0 Å². The number of para-hydroxylation sites is 1. The summed E-state index contributed by atoms with van der Waals surface area (Å²) in [7, 11) is 1.66. The van der Waals surface area contributed by atoms with Crippen LogP contribution in [0.1, 0.15) is 31.0 Å². The minimum atomic E-state index is -0.126. The Morgan fingerprint density at radius 2 is 1.78 bits per heavy atom. The van der Waals surface area contributed by atoms with Crippen LogP contribution in [0.5, 0.6) is 5.75 Å². The summed E-state index contributed by atoms with van der Waals surface area (Å²) in [5.41, 5.74) is 6.10. The quantitative estimate of drug-likeness (QED) is 0.321. The van der Waals surface area contributed by atoms with Gasteiger partial charge in [0.05, 0.1) is 19.3 Å². The molecule has 3 heterocycles. The van der Waals surface area contributed by atoms with Crippen molar-refractivity contribution in [3.63, 3.8) is 0 Å². The van der Waals surface area contributed by atoms with Crippen molar-refractivity contribution in [2.45, 2.75) is 32.7 Å². The van der Waals surface area contributed by atoms with Crippen molar-refractivity contribution in [1.82, 2.24) is 35.2 Å². The van der Waals surface area contributed by atoms with Gasteiger partial charge in [0, 0.05) is 34.8 Å². The fourth-order valence-electron chi connectivity index (χ4n) is 4.39. The average Bonchev–Trinajstić information content (AvgIpc) is 3.58. The van der Waals surface area contributed by atoms with Gasteiger partial charge in [-0.15, -0.1) is 10.2 Å². The van der Waals surface area contributed by atoms with Crippen LogP contribution in [-0.2, 0) is 13.0 Å². The molecule has 5 rings (SSSR count). The number of nitrogens with one attached hydrogen (secondary N) is 2. The van der Waals surface area contributed by atoms with E-state index in [9.17, 15) is 4.79 Å². The van der Waals surface area contributed by atoms with Gasteiger partial charge in [-0.3, -0.25) is 9.55 Å². The lowest BCUT2D eigenvalue weighted by Gasteiger charge is -2.16. The Morgan fingerprint density at radius 3 is 2.53 bits per heavy atom. The summed E-state index contributed by atoms with van der Waals surface area (Å²) in [6.45, 7) is 2.54. The highest BCUT2D eigenvalue weighted by atomic mass is 16.5. The van der Waals surface area contributed by atoms with E-state index in [4.69, 9.17) is 9.72 Å². The number of aromatic amines is 2. The monoisotopic (exact) mass is 481 g/mol. The fraction of sp³-hybridized carbons (Fsp3) is 0.222. The summed E-state index contributed by atoms with van der Waals surface area (Å²) in [4.78, 5) is 20.3. The van der Waals surface area contributed by atoms with Crippen molar-refractivity contribution in [2.75, 3.05) is 7.11 Å². The second-order valence-electron chi connectivity index (χ2n) is 8.48. The Bertz CT molecular complexity index is 1520. The standard InChI is InChI=1S/C27H27N7O2/c1-3-4-9-19-16-29-27(35)34(19)17-18-15-28-24(14-23(18)21-11-7-8-13-25(21)36-2)20-10-5-6-12-22(20)26-30-32-33-31-26/h5-8,10-16H,3-4,9,17H2,1-2H3,(H,29,35)(H,30,31,32,33). The van der Waals surface area contributed by atoms with Crippen LogP contribution in [0.15, 0.2) is 71.8 Å². The van der Waals surface area contributed by atoms with Crippen LogP contribution in [0, 0.1) is 0 Å². The van der Waals surface area contributed by atoms with E-state index < -0.39 is 0 Å². The number of aryl methyl sites for hydroxylation is 1. The number of unbranched alkanes of at least 4 members (excludes halogenated alkanes) is 1. The summed E-state index contributed by atoms with van der Waals surface area (Å²) < 4.78 is 7.48. The highest BCUT2D eigenvalue weighted by molar-refractivity contribution is 5.82. The van der Waals surface area contributed by atoms with Crippen LogP contribution in [0.4, 0.5) is 0 Å². The molecule has 0 bridgehead atoms. The smallest absolute Gasteiger partial charge is 0.326 e. The van der Waals surface area contributed by atoms with E-state index in [0.717, 1.165) is 64.2 Å². The second-order valence-corrected chi connectivity index (χ2v) is 8.48. The van der Waals surface area contributed by atoms with E-state index in [2.05, 4.69) is 32.5 Å². The highest BCUT2D eigenvalue weighted by Gasteiger charge is 2.18. The van der Waals surface area contributed by atoms with Gasteiger partial charge in [-0.2, -0.15) is 5.21 Å². The Labute approximate surface area is 208 Å². The molecule has 0 atom stereocenters. The number of ether oxygens (including phenoxy) is 1. The third kappa shape index (κ3) is 4.55. The predicted octanol–water partition coefficient (Wildman–Crippen LogP) is 4.49. The number of methoxy groups -OCH3 is 1. The Morgan fingerprint density at radius 1 is 1.00 bits per heavy atom. The minimum absolute atomic E-state index is 0.126. The van der Waals surface area contributed by atoms with Crippen molar-refractivity contribution in [3.05, 3.63) is 88.7 Å². The van der Waals surface area contributed by atoms with Crippen molar-refractivity contribution in [1.29, 1.82) is 0 Å². The molecule has 0 saturated carbocycles. The highest BCUT2D eigenvalue weighted by Crippen LogP contribution is 2.36. The van der Waals surface area contributed by atoms with E-state index in [1.807, 2.05) is 67.0 Å². The molecule has 0 aliphatic heterocycles. The maximum atomic E-state index is 12.7. The lowest BCUT2D eigenvalue weighted by atomic mass is 9.96. The molecule has 0 aliphatic carbocycles. The van der Waals surface area contributed by atoms with Gasteiger partial charge in [0.15, 0.2) is 0 Å². The molecule has 9 heteroatoms. The van der Waals surface area contributed by atoms with Crippen LogP contribution in [-0.4, -0.2) is 42.3 Å². The number of rotatable bonds is 9. The maximum absolute atomic E-state index is 12.7. The van der Waals surface area contributed by atoms with Gasteiger partial charge in [-0.05, 0) is 41.3 Å². The van der Waals surface area contributed by atoms with E-state index in [1.54, 1.807) is 11.7 Å². The molecule has 0 amide bonds. The van der Waals surface area contributed by atoms with E-state index in [-0.39, 0.29) is 5.69 Å². The number of imidazole rings is 1. The molecule has 0 unspecified atom stereocenters. The van der Waals surface area contributed by atoms with Gasteiger partial charge in [0.1, 0.15) is 5.75 Å². The van der Waals surface area contributed by atoms with Gasteiger partial charge in [0.25, 0.3) is 0 Å². The molecule has 0 aliphatic rings. The summed E-state index contributed by atoms with van der Waals surface area (Å²) >= 11 is 0. The average molecular weight is 482 g/mol. The number of aromatic nitrogens is 7. The topological polar surface area (TPSA) is 114 Å². The SMILES string of the molecule is CCCCc1c[nH]c(=O)n1Cc1cnc(-c2ccccc2-c2nn[nH]n2)cc1-c1ccccc1OC. The fourth-order valence-corrected chi connectivity index (χ4v) is 4.39. The first kappa shape index (κ1) is 23.2. The lowest BCUT2D eigenvalue weighted by Crippen LogP contribution is -2.20. The molecule has 2 N–H and O–H groups in total. The maximum Gasteiger partial charge on any atom is 0.326 e. The second kappa shape index (κ2) is 10.4. The summed E-state index contributed by atoms with van der Waals surface area (Å²) in [6.07, 6.45) is 6.56. The molecule has 0 saturated heterocycles. The Balaban J connectivity index is 1.66. The van der Waals surface area contributed by atoms with Crippen molar-refractivity contribution in [2.24, 2.45) is 0 Å². The Kier molecular flexibility index (Phi) is 6.70. The van der Waals surface area contributed by atoms with Gasteiger partial charge in [0.2, 0.25) is 5.82 Å². The number of hydrogen-bond donors (Lipinski definition) is 2. The van der Waals surface area contributed by atoms with E-state index in [0.29, 0.717) is 12.4 Å². The zero-order valence-electron chi connectivity index (χ0n) is 20.2. The van der Waals surface area contributed by atoms with Gasteiger partial charge in [-0.1, -0.05) is 55.8 Å². The Hall–Kier alpha value is -4.53.